The zero-order valence-electron chi connectivity index (χ0n) is 15.6. The van der Waals surface area contributed by atoms with Gasteiger partial charge in [0.25, 0.3) is 0 Å². The van der Waals surface area contributed by atoms with Crippen LogP contribution in [-0.4, -0.2) is 31.1 Å². The van der Waals surface area contributed by atoms with E-state index in [1.54, 1.807) is 6.26 Å². The predicted octanol–water partition coefficient (Wildman–Crippen LogP) is 3.26. The van der Waals surface area contributed by atoms with E-state index >= 15 is 0 Å². The number of methoxy groups -OCH3 is 1. The molecule has 0 radical (unpaired) electrons. The van der Waals surface area contributed by atoms with E-state index in [4.69, 9.17) is 13.9 Å². The second-order valence-corrected chi connectivity index (χ2v) is 8.97. The van der Waals surface area contributed by atoms with Gasteiger partial charge in [-0.3, -0.25) is 4.79 Å². The van der Waals surface area contributed by atoms with Crippen LogP contribution in [0.15, 0.2) is 16.7 Å². The molecule has 7 atom stereocenters. The van der Waals surface area contributed by atoms with E-state index in [0.29, 0.717) is 11.8 Å². The number of ether oxygens (including phenoxy) is 2. The van der Waals surface area contributed by atoms with Gasteiger partial charge in [-0.25, -0.2) is 0 Å². The number of carbonyl (C=O) groups excluding carboxylic acids is 1. The Hall–Kier alpha value is -1.33. The number of hydrogen-bond acceptors (Lipinski definition) is 5. The molecule has 0 amide bonds. The van der Waals surface area contributed by atoms with Crippen LogP contribution in [0.4, 0.5) is 0 Å². The summed E-state index contributed by atoms with van der Waals surface area (Å²) < 4.78 is 16.9. The van der Waals surface area contributed by atoms with E-state index in [1.165, 1.54) is 12.7 Å². The van der Waals surface area contributed by atoms with Gasteiger partial charge >= 0.3 is 5.97 Å². The molecule has 1 unspecified atom stereocenters. The molecule has 5 heteroatoms. The van der Waals surface area contributed by atoms with Crippen LogP contribution in [0, 0.1) is 28.6 Å². The van der Waals surface area contributed by atoms with E-state index in [9.17, 15) is 9.90 Å². The molecule has 3 fully saturated rings. The van der Waals surface area contributed by atoms with Crippen molar-refractivity contribution in [2.75, 3.05) is 13.7 Å². The van der Waals surface area contributed by atoms with Crippen molar-refractivity contribution in [3.8, 4) is 0 Å². The first-order chi connectivity index (χ1) is 12.5. The molecule has 1 aliphatic heterocycles. The summed E-state index contributed by atoms with van der Waals surface area (Å²) in [7, 11) is 1.47. The van der Waals surface area contributed by atoms with Gasteiger partial charge in [0.05, 0.1) is 25.4 Å². The molecule has 5 nitrogen and oxygen atoms in total. The second kappa shape index (κ2) is 5.59. The highest BCUT2D eigenvalue weighted by Gasteiger charge is 2.69. The number of fused-ring (bicyclic) bond motifs is 2. The lowest BCUT2D eigenvalue weighted by atomic mass is 9.41. The van der Waals surface area contributed by atoms with Crippen molar-refractivity contribution in [1.82, 2.24) is 0 Å². The van der Waals surface area contributed by atoms with Crippen molar-refractivity contribution in [3.63, 3.8) is 0 Å². The molecule has 1 saturated heterocycles. The smallest absolute Gasteiger partial charge is 0.314 e. The number of carbonyl (C=O) groups is 1. The largest absolute Gasteiger partial charge is 0.469 e. The Labute approximate surface area is 154 Å². The Morgan fingerprint density at radius 1 is 1.35 bits per heavy atom. The lowest BCUT2D eigenvalue weighted by Gasteiger charge is -2.66. The van der Waals surface area contributed by atoms with Crippen LogP contribution in [-0.2, 0) is 20.7 Å². The fourth-order valence-electron chi connectivity index (χ4n) is 7.35. The van der Waals surface area contributed by atoms with Gasteiger partial charge in [0.15, 0.2) is 6.29 Å². The van der Waals surface area contributed by atoms with Crippen molar-refractivity contribution in [2.45, 2.75) is 57.7 Å². The molecular weight excluding hydrogens is 332 g/mol. The topological polar surface area (TPSA) is 68.9 Å². The Bertz CT molecular complexity index is 726. The zero-order valence-corrected chi connectivity index (χ0v) is 15.6. The minimum Gasteiger partial charge on any atom is -0.469 e. The number of aliphatic hydroxyl groups excluding tert-OH is 1. The molecule has 1 N–H and O–H groups in total. The average molecular weight is 360 g/mol. The highest BCUT2D eigenvalue weighted by Crippen LogP contribution is 2.68. The summed E-state index contributed by atoms with van der Waals surface area (Å²) in [5.41, 5.74) is 0.360. The summed E-state index contributed by atoms with van der Waals surface area (Å²) in [5, 5.41) is 11.1. The summed E-state index contributed by atoms with van der Waals surface area (Å²) in [6.07, 6.45) is 6.55. The first-order valence-electron chi connectivity index (χ1n) is 9.99. The van der Waals surface area contributed by atoms with Gasteiger partial charge in [-0.2, -0.15) is 0 Å². The van der Waals surface area contributed by atoms with Crippen LogP contribution < -0.4 is 0 Å². The monoisotopic (exact) mass is 360 g/mol. The van der Waals surface area contributed by atoms with Gasteiger partial charge in [-0.15, -0.1) is 0 Å². The molecular formula is C21H28O5. The third-order valence-electron chi connectivity index (χ3n) is 8.41. The summed E-state index contributed by atoms with van der Waals surface area (Å²) in [4.78, 5) is 12.8. The molecule has 0 spiro atoms. The Kier molecular flexibility index (Phi) is 3.61. The fourth-order valence-corrected chi connectivity index (χ4v) is 7.35. The average Bonchev–Trinajstić information content (AvgIpc) is 3.13. The van der Waals surface area contributed by atoms with Crippen molar-refractivity contribution >= 4 is 5.97 Å². The standard InChI is InChI=1S/C21H28O5/c1-12-13-4-5-17-20(18(22)24-2)7-3-8-21(17,19(23)26-11-20)15(13)10-16-14(12)6-9-25-16/h6,9,12-13,15,17,19,23H,3-5,7-8,10-11H2,1-2H3/t12-,13+,15+,17+,19-,20+,21?/m1/s1. The molecule has 2 bridgehead atoms. The van der Waals surface area contributed by atoms with Crippen LogP contribution >= 0.6 is 0 Å². The molecule has 2 saturated carbocycles. The quantitative estimate of drug-likeness (QED) is 0.779. The molecule has 26 heavy (non-hydrogen) atoms. The normalized spacial score (nSPS) is 46.7. The SMILES string of the molecule is COC(=O)[C@@]12CCCC3([C@H](O)OC1)[C@H]2CC[C@H]1[C@@H](C)c2ccoc2C[C@@H]13. The van der Waals surface area contributed by atoms with Crippen LogP contribution in [0.5, 0.6) is 0 Å². The molecule has 1 aromatic heterocycles. The van der Waals surface area contributed by atoms with Gasteiger partial charge in [0.2, 0.25) is 0 Å². The summed E-state index contributed by atoms with van der Waals surface area (Å²) in [6.45, 7) is 2.57. The van der Waals surface area contributed by atoms with E-state index in [1.807, 2.05) is 0 Å². The second-order valence-electron chi connectivity index (χ2n) is 8.97. The maximum Gasteiger partial charge on any atom is 0.314 e. The molecule has 3 aliphatic carbocycles. The maximum atomic E-state index is 12.8. The van der Waals surface area contributed by atoms with Crippen molar-refractivity contribution in [2.24, 2.45) is 28.6 Å². The summed E-state index contributed by atoms with van der Waals surface area (Å²) >= 11 is 0. The molecule has 0 aromatic carbocycles. The van der Waals surface area contributed by atoms with Crippen molar-refractivity contribution < 1.29 is 23.8 Å². The molecule has 142 valence electrons. The van der Waals surface area contributed by atoms with Crippen LogP contribution in [0.1, 0.15) is 56.3 Å². The van der Waals surface area contributed by atoms with Crippen molar-refractivity contribution in [1.29, 1.82) is 0 Å². The third kappa shape index (κ3) is 1.86. The van der Waals surface area contributed by atoms with E-state index in [-0.39, 0.29) is 29.8 Å². The maximum absolute atomic E-state index is 12.8. The molecule has 5 rings (SSSR count). The predicted molar refractivity (Wildman–Crippen MR) is 93.2 cm³/mol. The van der Waals surface area contributed by atoms with E-state index < -0.39 is 11.7 Å². The number of hydrogen-bond donors (Lipinski definition) is 1. The van der Waals surface area contributed by atoms with E-state index in [0.717, 1.165) is 44.3 Å². The molecule has 4 aliphatic rings. The fraction of sp³-hybridized carbons (Fsp3) is 0.762. The first kappa shape index (κ1) is 16.8. The minimum atomic E-state index is -0.804. The minimum absolute atomic E-state index is 0.130. The Morgan fingerprint density at radius 3 is 3.00 bits per heavy atom. The van der Waals surface area contributed by atoms with Crippen LogP contribution in [0.2, 0.25) is 0 Å². The highest BCUT2D eigenvalue weighted by atomic mass is 16.6. The molecule has 1 aromatic rings. The van der Waals surface area contributed by atoms with Gasteiger partial charge in [-0.05, 0) is 61.0 Å². The van der Waals surface area contributed by atoms with Crippen molar-refractivity contribution in [3.05, 3.63) is 23.7 Å². The van der Waals surface area contributed by atoms with Crippen LogP contribution in [0.25, 0.3) is 0 Å². The summed E-state index contributed by atoms with van der Waals surface area (Å²) in [5.74, 6) is 2.24. The molecule has 2 heterocycles. The Balaban J connectivity index is 1.63. The van der Waals surface area contributed by atoms with Gasteiger partial charge in [-0.1, -0.05) is 13.3 Å². The number of aliphatic hydroxyl groups is 1. The number of furan rings is 1. The first-order valence-corrected chi connectivity index (χ1v) is 9.99. The zero-order chi connectivity index (χ0) is 18.1. The van der Waals surface area contributed by atoms with Gasteiger partial charge in [0.1, 0.15) is 5.76 Å². The lowest BCUT2D eigenvalue weighted by Crippen LogP contribution is -2.68. The number of rotatable bonds is 1. The van der Waals surface area contributed by atoms with Crippen LogP contribution in [0.3, 0.4) is 0 Å². The Morgan fingerprint density at radius 2 is 2.19 bits per heavy atom. The van der Waals surface area contributed by atoms with E-state index in [2.05, 4.69) is 13.0 Å². The lowest BCUT2D eigenvalue weighted by molar-refractivity contribution is -0.319. The van der Waals surface area contributed by atoms with Gasteiger partial charge in [0, 0.05) is 11.8 Å². The summed E-state index contributed by atoms with van der Waals surface area (Å²) in [6, 6.07) is 2.10. The van der Waals surface area contributed by atoms with Gasteiger partial charge < -0.3 is 19.0 Å². The highest BCUT2D eigenvalue weighted by molar-refractivity contribution is 5.78. The third-order valence-corrected chi connectivity index (χ3v) is 8.41. The number of esters is 1.